The standard InChI is InChI=1S/C18H22F3N5O2.HI/c1-22-17(26-6-2-5-18(10-26)7-13(27)24-9-18)23-8-14(28)25-12-4-3-11(19)15(20)16(12)21;/h3-4H,2,5-10H2,1H3,(H,22,23)(H,24,27)(H,25,28);1H. The zero-order chi connectivity index (χ0) is 20.3. The molecule has 1 unspecified atom stereocenters. The number of amides is 2. The fraction of sp³-hybridized carbons (Fsp3) is 0.500. The lowest BCUT2D eigenvalue weighted by atomic mass is 9.79. The second-order valence-electron chi connectivity index (χ2n) is 7.15. The SMILES string of the molecule is CN=C(NCC(=O)Nc1ccc(F)c(F)c1F)N1CCCC2(CNC(=O)C2)C1.I. The van der Waals surface area contributed by atoms with E-state index in [4.69, 9.17) is 0 Å². The first-order chi connectivity index (χ1) is 13.3. The molecule has 2 heterocycles. The molecule has 29 heavy (non-hydrogen) atoms. The average molecular weight is 525 g/mol. The number of carbonyl (C=O) groups is 2. The number of piperidine rings is 1. The molecule has 0 radical (unpaired) electrons. The van der Waals surface area contributed by atoms with Crippen LogP contribution in [0.4, 0.5) is 18.9 Å². The molecule has 0 aliphatic carbocycles. The highest BCUT2D eigenvalue weighted by atomic mass is 127. The molecular formula is C18H23F3IN5O2. The van der Waals surface area contributed by atoms with Gasteiger partial charge in [0.15, 0.2) is 23.4 Å². The van der Waals surface area contributed by atoms with E-state index in [1.165, 1.54) is 0 Å². The predicted octanol–water partition coefficient (Wildman–Crippen LogP) is 1.84. The predicted molar refractivity (Wildman–Crippen MR) is 113 cm³/mol. The maximum absolute atomic E-state index is 13.7. The highest BCUT2D eigenvalue weighted by Gasteiger charge is 2.42. The number of likely N-dealkylation sites (tertiary alicyclic amines) is 1. The van der Waals surface area contributed by atoms with Crippen LogP contribution in [0.2, 0.25) is 0 Å². The lowest BCUT2D eigenvalue weighted by Gasteiger charge is -2.40. The van der Waals surface area contributed by atoms with E-state index in [-0.39, 0.29) is 41.8 Å². The van der Waals surface area contributed by atoms with Gasteiger partial charge in [0.2, 0.25) is 11.8 Å². The van der Waals surface area contributed by atoms with Crippen molar-refractivity contribution >= 4 is 47.4 Å². The number of benzene rings is 1. The van der Waals surface area contributed by atoms with Gasteiger partial charge in [-0.2, -0.15) is 0 Å². The van der Waals surface area contributed by atoms with E-state index in [0.717, 1.165) is 31.5 Å². The molecule has 3 rings (SSSR count). The number of hydrogen-bond donors (Lipinski definition) is 3. The van der Waals surface area contributed by atoms with Crippen LogP contribution >= 0.6 is 24.0 Å². The second kappa shape index (κ2) is 9.63. The number of carbonyl (C=O) groups excluding carboxylic acids is 2. The number of hydrogen-bond acceptors (Lipinski definition) is 3. The van der Waals surface area contributed by atoms with Gasteiger partial charge in [-0.3, -0.25) is 14.6 Å². The van der Waals surface area contributed by atoms with E-state index in [2.05, 4.69) is 20.9 Å². The lowest BCUT2D eigenvalue weighted by Crippen LogP contribution is -2.52. The largest absolute Gasteiger partial charge is 0.355 e. The van der Waals surface area contributed by atoms with Crippen LogP contribution in [0.25, 0.3) is 0 Å². The highest BCUT2D eigenvalue weighted by molar-refractivity contribution is 14.0. The molecule has 3 N–H and O–H groups in total. The monoisotopic (exact) mass is 525 g/mol. The number of anilines is 1. The van der Waals surface area contributed by atoms with Gasteiger partial charge in [-0.1, -0.05) is 0 Å². The van der Waals surface area contributed by atoms with Gasteiger partial charge in [0.1, 0.15) is 0 Å². The minimum absolute atomic E-state index is 0. The molecule has 0 saturated carbocycles. The van der Waals surface area contributed by atoms with Crippen LogP contribution in [0.3, 0.4) is 0 Å². The Hall–Kier alpha value is -2.05. The van der Waals surface area contributed by atoms with Crippen molar-refractivity contribution in [2.24, 2.45) is 10.4 Å². The van der Waals surface area contributed by atoms with Crippen LogP contribution in [0, 0.1) is 22.9 Å². The molecule has 2 saturated heterocycles. The summed E-state index contributed by atoms with van der Waals surface area (Å²) in [6.07, 6.45) is 2.30. The topological polar surface area (TPSA) is 85.8 Å². The molecule has 1 spiro atoms. The van der Waals surface area contributed by atoms with Crippen LogP contribution < -0.4 is 16.0 Å². The average Bonchev–Trinajstić information content (AvgIpc) is 3.02. The van der Waals surface area contributed by atoms with E-state index in [0.29, 0.717) is 25.5 Å². The summed E-state index contributed by atoms with van der Waals surface area (Å²) in [5.74, 6) is -4.52. The van der Waals surface area contributed by atoms with Gasteiger partial charge >= 0.3 is 0 Å². The molecule has 11 heteroatoms. The summed E-state index contributed by atoms with van der Waals surface area (Å²) in [6.45, 7) is 1.75. The Kier molecular flexibility index (Phi) is 7.72. The molecule has 7 nitrogen and oxygen atoms in total. The first kappa shape index (κ1) is 23.2. The van der Waals surface area contributed by atoms with Crippen molar-refractivity contribution in [1.29, 1.82) is 0 Å². The number of halogens is 4. The Morgan fingerprint density at radius 2 is 2.07 bits per heavy atom. The molecule has 1 aromatic rings. The number of nitrogens with one attached hydrogen (secondary N) is 3. The third-order valence-electron chi connectivity index (χ3n) is 5.09. The number of guanidine groups is 1. The summed E-state index contributed by atoms with van der Waals surface area (Å²) in [5, 5.41) is 7.96. The minimum Gasteiger partial charge on any atom is -0.355 e. The smallest absolute Gasteiger partial charge is 0.243 e. The number of rotatable bonds is 3. The van der Waals surface area contributed by atoms with Crippen LogP contribution in [0.15, 0.2) is 17.1 Å². The molecule has 2 fully saturated rings. The van der Waals surface area contributed by atoms with Gasteiger partial charge in [-0.25, -0.2) is 13.2 Å². The van der Waals surface area contributed by atoms with Gasteiger partial charge in [0.25, 0.3) is 0 Å². The van der Waals surface area contributed by atoms with E-state index in [9.17, 15) is 22.8 Å². The Morgan fingerprint density at radius 1 is 1.31 bits per heavy atom. The van der Waals surface area contributed by atoms with Crippen LogP contribution in [-0.2, 0) is 9.59 Å². The van der Waals surface area contributed by atoms with Gasteiger partial charge in [-0.05, 0) is 25.0 Å². The summed E-state index contributed by atoms with van der Waals surface area (Å²) in [7, 11) is 1.58. The van der Waals surface area contributed by atoms with Crippen molar-refractivity contribution in [2.75, 3.05) is 38.5 Å². The third-order valence-corrected chi connectivity index (χ3v) is 5.09. The third kappa shape index (κ3) is 5.31. The second-order valence-corrected chi connectivity index (χ2v) is 7.15. The zero-order valence-corrected chi connectivity index (χ0v) is 18.2. The van der Waals surface area contributed by atoms with Crippen LogP contribution in [-0.4, -0.2) is 55.9 Å². The first-order valence-corrected chi connectivity index (χ1v) is 8.99. The molecule has 1 atom stereocenters. The molecule has 0 aromatic heterocycles. The van der Waals surface area contributed by atoms with E-state index in [1.807, 2.05) is 4.90 Å². The van der Waals surface area contributed by atoms with Gasteiger partial charge in [0.05, 0.1) is 12.2 Å². The zero-order valence-electron chi connectivity index (χ0n) is 15.9. The van der Waals surface area contributed by atoms with Crippen molar-refractivity contribution in [3.8, 4) is 0 Å². The Balaban J connectivity index is 0.00000300. The molecule has 0 bridgehead atoms. The van der Waals surface area contributed by atoms with Gasteiger partial charge in [-0.15, -0.1) is 24.0 Å². The van der Waals surface area contributed by atoms with Crippen molar-refractivity contribution in [1.82, 2.24) is 15.5 Å². The lowest BCUT2D eigenvalue weighted by molar-refractivity contribution is -0.120. The maximum Gasteiger partial charge on any atom is 0.243 e. The van der Waals surface area contributed by atoms with E-state index in [1.54, 1.807) is 7.05 Å². The van der Waals surface area contributed by atoms with Crippen molar-refractivity contribution in [2.45, 2.75) is 19.3 Å². The van der Waals surface area contributed by atoms with Crippen LogP contribution in [0.5, 0.6) is 0 Å². The molecule has 2 aliphatic rings. The summed E-state index contributed by atoms with van der Waals surface area (Å²) >= 11 is 0. The van der Waals surface area contributed by atoms with Crippen molar-refractivity contribution < 1.29 is 22.8 Å². The van der Waals surface area contributed by atoms with E-state index < -0.39 is 29.0 Å². The molecular weight excluding hydrogens is 502 g/mol. The molecule has 1 aromatic carbocycles. The Labute approximate surface area is 183 Å². The summed E-state index contributed by atoms with van der Waals surface area (Å²) in [5.41, 5.74) is -0.572. The molecule has 2 aliphatic heterocycles. The molecule has 160 valence electrons. The van der Waals surface area contributed by atoms with Gasteiger partial charge < -0.3 is 20.9 Å². The Bertz CT molecular complexity index is 823. The number of aliphatic imine (C=N–C) groups is 1. The Morgan fingerprint density at radius 3 is 2.72 bits per heavy atom. The first-order valence-electron chi connectivity index (χ1n) is 8.99. The summed E-state index contributed by atoms with van der Waals surface area (Å²) < 4.78 is 39.9. The normalized spacial score (nSPS) is 21.6. The minimum atomic E-state index is -1.64. The van der Waals surface area contributed by atoms with Crippen molar-refractivity contribution in [3.63, 3.8) is 0 Å². The summed E-state index contributed by atoms with van der Waals surface area (Å²) in [6, 6.07) is 1.70. The molecule has 2 amide bonds. The van der Waals surface area contributed by atoms with Crippen molar-refractivity contribution in [3.05, 3.63) is 29.6 Å². The highest BCUT2D eigenvalue weighted by Crippen LogP contribution is 2.35. The fourth-order valence-electron chi connectivity index (χ4n) is 3.74. The maximum atomic E-state index is 13.7. The van der Waals surface area contributed by atoms with Gasteiger partial charge in [0, 0.05) is 38.5 Å². The fourth-order valence-corrected chi connectivity index (χ4v) is 3.74. The van der Waals surface area contributed by atoms with Crippen LogP contribution in [0.1, 0.15) is 19.3 Å². The number of nitrogens with zero attached hydrogens (tertiary/aromatic N) is 2. The van der Waals surface area contributed by atoms with E-state index >= 15 is 0 Å². The quantitative estimate of drug-likeness (QED) is 0.244. The summed E-state index contributed by atoms with van der Waals surface area (Å²) in [4.78, 5) is 29.8.